The van der Waals surface area contributed by atoms with Gasteiger partial charge in [-0.3, -0.25) is 42.2 Å². The van der Waals surface area contributed by atoms with Crippen LogP contribution in [0.2, 0.25) is 0 Å². The summed E-state index contributed by atoms with van der Waals surface area (Å²) in [7, 11) is 4.16. The first-order chi connectivity index (χ1) is 43.2. The summed E-state index contributed by atoms with van der Waals surface area (Å²) in [5.41, 5.74) is 14.7. The Labute approximate surface area is 513 Å². The number of likely N-dealkylation sites (N-methyl/N-ethyl adjacent to an activating group) is 1. The minimum atomic E-state index is -0.115. The Balaban J connectivity index is 0.000000117. The Morgan fingerprint density at radius 3 is 1.97 bits per heavy atom. The summed E-state index contributed by atoms with van der Waals surface area (Å²) in [6.07, 6.45) is 14.2. The fourth-order valence-electron chi connectivity index (χ4n) is 13.7. The molecule has 0 spiro atoms. The van der Waals surface area contributed by atoms with Crippen LogP contribution in [0, 0.1) is 33.6 Å². The fraction of sp³-hybridized carbons (Fsp3) is 0.353. The molecular weight excluding hydrogens is 1120 g/mol. The number of benzene rings is 1. The first kappa shape index (κ1) is 57.3. The van der Waals surface area contributed by atoms with E-state index in [4.69, 9.17) is 14.4 Å². The zero-order valence-electron chi connectivity index (χ0n) is 51.5. The second-order valence-corrected chi connectivity index (χ2v) is 24.4. The van der Waals surface area contributed by atoms with E-state index in [1.54, 1.807) is 31.4 Å². The highest BCUT2D eigenvalue weighted by Crippen LogP contribution is 2.34. The standard InChI is InChI=1S/C24H27N7O.C23H25N5O2.C21H21N5O/c1-15-12-31-22(16(2)25-15)10-20(27-31)19-11-24(32)30-14-18(4-5-23(30)26-19)29-9-7-21-17(13-29)6-8-28(21)3;1-4-26-7-9-27(10-8-26)18-5-6-21-25-19(13-22(29)28(21)14-18)20-12-17-11-15(2)24-16(3)23(17)30-20;1-25-19-4-2-15(10-17(19)12-23-25)18-11-21(27)26-13-16(3-5-20(26)24-18)14-6-8-22-9-7-14/h4-5,10-12,14,17,21H,6-9,13H2,1-3H3;5-6,11-14H,4,7-10H2,1-3H3;2-5,10-14,22H,6-9H2,1H3. The molecule has 4 aliphatic rings. The molecule has 1 aromatic carbocycles. The van der Waals surface area contributed by atoms with E-state index >= 15 is 0 Å². The number of hydrogen-bond donors (Lipinski definition) is 1. The van der Waals surface area contributed by atoms with Crippen molar-refractivity contribution in [3.05, 3.63) is 181 Å². The van der Waals surface area contributed by atoms with Gasteiger partial charge in [-0.1, -0.05) is 19.1 Å². The number of anilines is 2. The summed E-state index contributed by atoms with van der Waals surface area (Å²) in [5.74, 6) is 1.80. The average molecular weight is 1190 g/mol. The highest BCUT2D eigenvalue weighted by molar-refractivity contribution is 5.85. The first-order valence-electron chi connectivity index (χ1n) is 31.0. The zero-order valence-corrected chi connectivity index (χ0v) is 51.5. The molecule has 12 aromatic rings. The summed E-state index contributed by atoms with van der Waals surface area (Å²) in [5, 5.41) is 14.3. The van der Waals surface area contributed by atoms with Gasteiger partial charge in [0.2, 0.25) is 0 Å². The largest absolute Gasteiger partial charge is 0.453 e. The minimum absolute atomic E-state index is 0.0444. The van der Waals surface area contributed by atoms with E-state index in [1.165, 1.54) is 24.9 Å². The lowest BCUT2D eigenvalue weighted by Crippen LogP contribution is -2.46. The number of aromatic nitrogens is 12. The Morgan fingerprint density at radius 2 is 1.22 bits per heavy atom. The molecule has 2 unspecified atom stereocenters. The van der Waals surface area contributed by atoms with Gasteiger partial charge in [-0.25, -0.2) is 19.5 Å². The van der Waals surface area contributed by atoms with E-state index in [-0.39, 0.29) is 16.7 Å². The average Bonchev–Trinajstić information content (AvgIpc) is 3.09. The highest BCUT2D eigenvalue weighted by atomic mass is 16.3. The van der Waals surface area contributed by atoms with Gasteiger partial charge in [0.05, 0.1) is 63.3 Å². The predicted molar refractivity (Wildman–Crippen MR) is 349 cm³/mol. The molecule has 21 nitrogen and oxygen atoms in total. The molecule has 0 amide bonds. The molecule has 21 heteroatoms. The van der Waals surface area contributed by atoms with Crippen LogP contribution in [-0.4, -0.2) is 146 Å². The number of nitrogens with zero attached hydrogens (tertiary/aromatic N) is 16. The number of likely N-dealkylation sites (tertiary alicyclic amines) is 1. The number of nitrogens with one attached hydrogen (secondary N) is 1. The van der Waals surface area contributed by atoms with Crippen molar-refractivity contribution in [2.45, 2.75) is 72.3 Å². The molecule has 1 N–H and O–H groups in total. The molecule has 4 aliphatic heterocycles. The van der Waals surface area contributed by atoms with Crippen LogP contribution < -0.4 is 31.8 Å². The van der Waals surface area contributed by atoms with Crippen molar-refractivity contribution in [3.63, 3.8) is 0 Å². The van der Waals surface area contributed by atoms with Crippen LogP contribution in [0.4, 0.5) is 11.4 Å². The van der Waals surface area contributed by atoms with Crippen LogP contribution >= 0.6 is 0 Å². The van der Waals surface area contributed by atoms with Crippen molar-refractivity contribution in [1.82, 2.24) is 72.6 Å². The van der Waals surface area contributed by atoms with E-state index in [0.717, 1.165) is 139 Å². The third-order valence-corrected chi connectivity index (χ3v) is 18.6. The van der Waals surface area contributed by atoms with Gasteiger partial charge in [0, 0.05) is 111 Å². The van der Waals surface area contributed by atoms with Crippen molar-refractivity contribution in [3.8, 4) is 34.1 Å². The fourth-order valence-corrected chi connectivity index (χ4v) is 13.7. The quantitative estimate of drug-likeness (QED) is 0.159. The van der Waals surface area contributed by atoms with E-state index < -0.39 is 0 Å². The lowest BCUT2D eigenvalue weighted by atomic mass is 9.91. The monoisotopic (exact) mass is 1190 g/mol. The highest BCUT2D eigenvalue weighted by Gasteiger charge is 2.36. The van der Waals surface area contributed by atoms with Crippen molar-refractivity contribution in [1.29, 1.82) is 0 Å². The third kappa shape index (κ3) is 11.3. The third-order valence-electron chi connectivity index (χ3n) is 18.6. The van der Waals surface area contributed by atoms with Gasteiger partial charge in [-0.05, 0) is 165 Å². The topological polar surface area (TPSA) is 202 Å². The molecule has 0 aliphatic carbocycles. The minimum Gasteiger partial charge on any atom is -0.453 e. The lowest BCUT2D eigenvalue weighted by molar-refractivity contribution is 0.239. The lowest BCUT2D eigenvalue weighted by Gasteiger charge is -2.38. The van der Waals surface area contributed by atoms with E-state index in [9.17, 15) is 14.4 Å². The van der Waals surface area contributed by atoms with Crippen molar-refractivity contribution in [2.75, 3.05) is 82.3 Å². The molecule has 4 saturated heterocycles. The van der Waals surface area contributed by atoms with E-state index in [2.05, 4.69) is 76.2 Å². The number of furan rings is 1. The van der Waals surface area contributed by atoms with Crippen LogP contribution in [0.15, 0.2) is 141 Å². The smallest absolute Gasteiger partial charge is 0.258 e. The summed E-state index contributed by atoms with van der Waals surface area (Å²) in [6, 6.07) is 29.4. The van der Waals surface area contributed by atoms with E-state index in [1.807, 2.05) is 136 Å². The van der Waals surface area contributed by atoms with Crippen LogP contribution in [0.1, 0.15) is 66.9 Å². The van der Waals surface area contributed by atoms with Crippen molar-refractivity contribution >= 4 is 55.7 Å². The number of hydrogen-bond acceptors (Lipinski definition) is 16. The first-order valence-corrected chi connectivity index (χ1v) is 31.0. The number of fused-ring (bicyclic) bond motifs is 7. The maximum atomic E-state index is 13.0. The molecule has 454 valence electrons. The molecule has 16 rings (SSSR count). The summed E-state index contributed by atoms with van der Waals surface area (Å²) in [6.45, 7) is 20.4. The number of aryl methyl sites for hydroxylation is 5. The van der Waals surface area contributed by atoms with Gasteiger partial charge < -0.3 is 29.3 Å². The second kappa shape index (κ2) is 23.6. The SMILES string of the molecule is CCN1CCN(c2ccc3nc(-c4cc5cc(C)nc(C)c5o4)cc(=O)n3c2)CC1.Cc1cn2nc(-c3cc(=O)n4cc(N5CCC6C(CCN6C)C5)ccc4n3)cc2c(C)n1.Cn1ncc2cc(-c3cc(=O)n4cc(C5CCNCC5)ccc4n3)ccc21. The van der Waals surface area contributed by atoms with E-state index in [0.29, 0.717) is 63.4 Å². The predicted octanol–water partition coefficient (Wildman–Crippen LogP) is 8.53. The van der Waals surface area contributed by atoms with Gasteiger partial charge in [-0.15, -0.1) is 0 Å². The molecule has 15 heterocycles. The molecular formula is C68H73N17O4. The molecule has 11 aromatic heterocycles. The normalized spacial score (nSPS) is 17.7. The van der Waals surface area contributed by atoms with Crippen LogP contribution in [0.25, 0.3) is 78.4 Å². The number of piperidine rings is 2. The maximum Gasteiger partial charge on any atom is 0.258 e. The summed E-state index contributed by atoms with van der Waals surface area (Å²) >= 11 is 0. The Hall–Kier alpha value is -9.44. The van der Waals surface area contributed by atoms with Crippen LogP contribution in [-0.2, 0) is 7.05 Å². The Bertz CT molecular complexity index is 4870. The van der Waals surface area contributed by atoms with Crippen LogP contribution in [0.5, 0.6) is 0 Å². The maximum absolute atomic E-state index is 13.0. The van der Waals surface area contributed by atoms with Gasteiger partial charge in [-0.2, -0.15) is 10.2 Å². The van der Waals surface area contributed by atoms with Crippen molar-refractivity contribution < 1.29 is 4.42 Å². The summed E-state index contributed by atoms with van der Waals surface area (Å²) in [4.78, 5) is 71.5. The molecule has 0 saturated carbocycles. The Kier molecular flexibility index (Phi) is 15.2. The van der Waals surface area contributed by atoms with Gasteiger partial charge in [0.15, 0.2) is 11.3 Å². The molecule has 89 heavy (non-hydrogen) atoms. The Morgan fingerprint density at radius 1 is 0.562 bits per heavy atom. The number of rotatable bonds is 7. The summed E-state index contributed by atoms with van der Waals surface area (Å²) < 4.78 is 14.6. The molecule has 2 atom stereocenters. The molecule has 0 bridgehead atoms. The molecule has 4 fully saturated rings. The molecule has 0 radical (unpaired) electrons. The second-order valence-electron chi connectivity index (χ2n) is 24.4. The zero-order chi connectivity index (χ0) is 61.2. The number of piperazine rings is 1. The van der Waals surface area contributed by atoms with Gasteiger partial charge in [0.25, 0.3) is 16.7 Å². The number of pyridine rings is 4. The van der Waals surface area contributed by atoms with Gasteiger partial charge in [0.1, 0.15) is 28.3 Å². The van der Waals surface area contributed by atoms with Crippen molar-refractivity contribution in [2.24, 2.45) is 13.0 Å². The van der Waals surface area contributed by atoms with Crippen LogP contribution in [0.3, 0.4) is 0 Å². The van der Waals surface area contributed by atoms with Gasteiger partial charge >= 0.3 is 0 Å².